The molecule has 2 aromatic heterocycles. The van der Waals surface area contributed by atoms with Crippen molar-refractivity contribution in [3.63, 3.8) is 0 Å². The summed E-state index contributed by atoms with van der Waals surface area (Å²) >= 11 is 1.59. The largest absolute Gasteiger partial charge is 0.497 e. The summed E-state index contributed by atoms with van der Waals surface area (Å²) in [5.41, 5.74) is 4.60. The van der Waals surface area contributed by atoms with Crippen molar-refractivity contribution in [2.75, 3.05) is 27.7 Å². The van der Waals surface area contributed by atoms with E-state index in [-0.39, 0.29) is 11.8 Å². The summed E-state index contributed by atoms with van der Waals surface area (Å²) in [5.74, 6) is 0.788. The highest BCUT2D eigenvalue weighted by Crippen LogP contribution is 2.25. The lowest BCUT2D eigenvalue weighted by Crippen LogP contribution is -2.38. The van der Waals surface area contributed by atoms with E-state index in [0.29, 0.717) is 38.2 Å². The van der Waals surface area contributed by atoms with Gasteiger partial charge in [-0.05, 0) is 46.5 Å². The summed E-state index contributed by atoms with van der Waals surface area (Å²) in [6.45, 7) is 1.74. The standard InChI is InChI=1S/C24H28N4O3S/c1-26(2)24(30)23-20-15-27(22(29)14-18-10-13-32-16-18)11-9-21(20)28(25-23)12-8-17-4-6-19(31-3)7-5-17/h4-7,10,13,16H,8-9,11-12,14-15H2,1-3H3. The minimum absolute atomic E-state index is 0.0864. The predicted molar refractivity (Wildman–Crippen MR) is 124 cm³/mol. The number of hydrogen-bond acceptors (Lipinski definition) is 5. The predicted octanol–water partition coefficient (Wildman–Crippen LogP) is 3.03. The Bertz CT molecular complexity index is 1090. The van der Waals surface area contributed by atoms with Crippen molar-refractivity contribution in [2.24, 2.45) is 0 Å². The number of fused-ring (bicyclic) bond motifs is 1. The fraction of sp³-hybridized carbons (Fsp3) is 0.375. The number of nitrogens with zero attached hydrogens (tertiary/aromatic N) is 4. The average Bonchev–Trinajstić information content (AvgIpc) is 3.44. The average molecular weight is 453 g/mol. The Kier molecular flexibility index (Phi) is 6.60. The quantitative estimate of drug-likeness (QED) is 0.553. The maximum Gasteiger partial charge on any atom is 0.274 e. The molecule has 3 aromatic rings. The topological polar surface area (TPSA) is 67.7 Å². The van der Waals surface area contributed by atoms with Crippen molar-refractivity contribution in [1.29, 1.82) is 0 Å². The second-order valence-corrected chi connectivity index (χ2v) is 8.95. The normalized spacial score (nSPS) is 13.0. The van der Waals surface area contributed by atoms with E-state index < -0.39 is 0 Å². The van der Waals surface area contributed by atoms with Crippen LogP contribution in [0.25, 0.3) is 0 Å². The molecule has 0 saturated heterocycles. The van der Waals surface area contributed by atoms with Crippen molar-refractivity contribution >= 4 is 23.2 Å². The van der Waals surface area contributed by atoms with Crippen LogP contribution in [0.1, 0.15) is 32.9 Å². The van der Waals surface area contributed by atoms with Gasteiger partial charge in [-0.3, -0.25) is 14.3 Å². The maximum atomic E-state index is 12.9. The first-order chi connectivity index (χ1) is 15.5. The van der Waals surface area contributed by atoms with Crippen molar-refractivity contribution in [1.82, 2.24) is 19.6 Å². The molecule has 4 rings (SSSR count). The minimum Gasteiger partial charge on any atom is -0.497 e. The minimum atomic E-state index is -0.128. The smallest absolute Gasteiger partial charge is 0.274 e. The summed E-state index contributed by atoms with van der Waals surface area (Å²) in [6.07, 6.45) is 1.89. The van der Waals surface area contributed by atoms with Crippen LogP contribution in [0.5, 0.6) is 5.75 Å². The Morgan fingerprint density at radius 3 is 2.59 bits per heavy atom. The van der Waals surface area contributed by atoms with E-state index in [1.807, 2.05) is 50.7 Å². The van der Waals surface area contributed by atoms with Gasteiger partial charge in [0.25, 0.3) is 5.91 Å². The third-order valence-corrected chi connectivity index (χ3v) is 6.53. The number of carbonyl (C=O) groups is 2. The first-order valence-electron chi connectivity index (χ1n) is 10.7. The van der Waals surface area contributed by atoms with Crippen molar-refractivity contribution in [3.8, 4) is 5.75 Å². The molecule has 2 amide bonds. The number of hydrogen-bond donors (Lipinski definition) is 0. The van der Waals surface area contributed by atoms with E-state index >= 15 is 0 Å². The summed E-state index contributed by atoms with van der Waals surface area (Å²) < 4.78 is 7.18. The molecule has 1 aliphatic rings. The SMILES string of the molecule is COc1ccc(CCn2nc(C(=O)N(C)C)c3c2CCN(C(=O)Cc2ccsc2)C3)cc1. The highest BCUT2D eigenvalue weighted by Gasteiger charge is 2.30. The zero-order chi connectivity index (χ0) is 22.7. The molecule has 8 heteroatoms. The molecule has 1 aliphatic heterocycles. The van der Waals surface area contributed by atoms with Gasteiger partial charge >= 0.3 is 0 Å². The van der Waals surface area contributed by atoms with Crippen LogP contribution in [0, 0.1) is 0 Å². The number of benzene rings is 1. The van der Waals surface area contributed by atoms with Crippen LogP contribution >= 0.6 is 11.3 Å². The second kappa shape index (κ2) is 9.56. The van der Waals surface area contributed by atoms with E-state index in [1.54, 1.807) is 37.4 Å². The van der Waals surface area contributed by atoms with E-state index in [0.717, 1.165) is 29.0 Å². The van der Waals surface area contributed by atoms with Crippen LogP contribution < -0.4 is 4.74 Å². The monoisotopic (exact) mass is 452 g/mol. The highest BCUT2D eigenvalue weighted by atomic mass is 32.1. The summed E-state index contributed by atoms with van der Waals surface area (Å²) in [5, 5.41) is 8.68. The molecule has 0 atom stereocenters. The lowest BCUT2D eigenvalue weighted by Gasteiger charge is -2.28. The molecule has 0 spiro atoms. The summed E-state index contributed by atoms with van der Waals surface area (Å²) in [4.78, 5) is 29.1. The van der Waals surface area contributed by atoms with Crippen LogP contribution in [-0.4, -0.2) is 59.1 Å². The van der Waals surface area contributed by atoms with Gasteiger partial charge in [-0.25, -0.2) is 0 Å². The Morgan fingerprint density at radius 1 is 1.16 bits per heavy atom. The number of amides is 2. The van der Waals surface area contributed by atoms with Crippen LogP contribution in [0.3, 0.4) is 0 Å². The third-order valence-electron chi connectivity index (χ3n) is 5.80. The zero-order valence-electron chi connectivity index (χ0n) is 18.7. The van der Waals surface area contributed by atoms with Crippen LogP contribution in [0.2, 0.25) is 0 Å². The van der Waals surface area contributed by atoms with Gasteiger partial charge in [-0.15, -0.1) is 0 Å². The lowest BCUT2D eigenvalue weighted by atomic mass is 10.0. The molecule has 0 N–H and O–H groups in total. The Balaban J connectivity index is 1.54. The molecular weight excluding hydrogens is 424 g/mol. The second-order valence-electron chi connectivity index (χ2n) is 8.17. The number of rotatable bonds is 7. The molecule has 0 radical (unpaired) electrons. The molecule has 168 valence electrons. The van der Waals surface area contributed by atoms with Crippen LogP contribution in [-0.2, 0) is 37.1 Å². The number of methoxy groups -OCH3 is 1. The van der Waals surface area contributed by atoms with Crippen LogP contribution in [0.4, 0.5) is 0 Å². The highest BCUT2D eigenvalue weighted by molar-refractivity contribution is 7.08. The van der Waals surface area contributed by atoms with Crippen LogP contribution in [0.15, 0.2) is 41.1 Å². The summed E-state index contributed by atoms with van der Waals surface area (Å²) in [7, 11) is 5.11. The number of aromatic nitrogens is 2. The molecule has 0 saturated carbocycles. The van der Waals surface area contributed by atoms with Crippen molar-refractivity contribution < 1.29 is 14.3 Å². The number of ether oxygens (including phenoxy) is 1. The Hall–Kier alpha value is -3.13. The summed E-state index contributed by atoms with van der Waals surface area (Å²) in [6, 6.07) is 9.98. The molecule has 3 heterocycles. The van der Waals surface area contributed by atoms with Gasteiger partial charge in [0.2, 0.25) is 5.91 Å². The van der Waals surface area contributed by atoms with E-state index in [4.69, 9.17) is 9.84 Å². The number of thiophene rings is 1. The van der Waals surface area contributed by atoms with Crippen molar-refractivity contribution in [3.05, 3.63) is 69.2 Å². The lowest BCUT2D eigenvalue weighted by molar-refractivity contribution is -0.131. The van der Waals surface area contributed by atoms with Gasteiger partial charge in [0, 0.05) is 51.4 Å². The van der Waals surface area contributed by atoms with Crippen molar-refractivity contribution in [2.45, 2.75) is 32.4 Å². The Labute approximate surface area is 192 Å². The first-order valence-corrected chi connectivity index (χ1v) is 11.6. The maximum absolute atomic E-state index is 12.9. The fourth-order valence-electron chi connectivity index (χ4n) is 3.98. The molecule has 32 heavy (non-hydrogen) atoms. The fourth-order valence-corrected chi connectivity index (χ4v) is 4.65. The molecule has 7 nitrogen and oxygen atoms in total. The van der Waals surface area contributed by atoms with E-state index in [1.165, 1.54) is 5.56 Å². The molecule has 0 bridgehead atoms. The zero-order valence-corrected chi connectivity index (χ0v) is 19.5. The Morgan fingerprint density at radius 2 is 1.94 bits per heavy atom. The number of carbonyl (C=O) groups excluding carboxylic acids is 2. The van der Waals surface area contributed by atoms with Gasteiger partial charge in [-0.2, -0.15) is 16.4 Å². The van der Waals surface area contributed by atoms with Gasteiger partial charge in [0.15, 0.2) is 5.69 Å². The first kappa shape index (κ1) is 22.1. The van der Waals surface area contributed by atoms with Gasteiger partial charge < -0.3 is 14.5 Å². The molecule has 0 aliphatic carbocycles. The third kappa shape index (κ3) is 4.70. The van der Waals surface area contributed by atoms with Gasteiger partial charge in [0.1, 0.15) is 5.75 Å². The molecule has 1 aromatic carbocycles. The van der Waals surface area contributed by atoms with Gasteiger partial charge in [0.05, 0.1) is 13.5 Å². The molecular formula is C24H28N4O3S. The molecule has 0 fully saturated rings. The number of aryl methyl sites for hydroxylation is 2. The van der Waals surface area contributed by atoms with E-state index in [2.05, 4.69) is 0 Å². The van der Waals surface area contributed by atoms with Gasteiger partial charge in [-0.1, -0.05) is 12.1 Å². The van der Waals surface area contributed by atoms with E-state index in [9.17, 15) is 9.59 Å². The molecule has 0 unspecified atom stereocenters.